The van der Waals surface area contributed by atoms with Crippen LogP contribution in [0.15, 0.2) is 48.5 Å². The summed E-state index contributed by atoms with van der Waals surface area (Å²) in [7, 11) is 0. The van der Waals surface area contributed by atoms with Crippen molar-refractivity contribution in [2.75, 3.05) is 0 Å². The van der Waals surface area contributed by atoms with Crippen LogP contribution >= 0.6 is 0 Å². The molecule has 0 bridgehead atoms. The Morgan fingerprint density at radius 3 is 2.67 bits per heavy atom. The first kappa shape index (κ1) is 10.7. The minimum Gasteiger partial charge on any atom is -0.258 e. The van der Waals surface area contributed by atoms with Gasteiger partial charge in [0.05, 0.1) is 4.92 Å². The van der Waals surface area contributed by atoms with Crippen molar-refractivity contribution in [2.45, 2.75) is 6.42 Å². The van der Waals surface area contributed by atoms with Crippen molar-refractivity contribution in [1.29, 1.82) is 0 Å². The predicted octanol–water partition coefficient (Wildman–Crippen LogP) is 3.69. The normalized spacial score (nSPS) is 13.0. The molecular weight excluding hydrogens is 226 g/mol. The smallest absolute Gasteiger partial charge is 0.258 e. The molecule has 0 fully saturated rings. The predicted molar refractivity (Wildman–Crippen MR) is 71.1 cm³/mol. The van der Waals surface area contributed by atoms with Crippen LogP contribution in [0.3, 0.4) is 0 Å². The summed E-state index contributed by atoms with van der Waals surface area (Å²) in [5, 5.41) is 10.8. The minimum absolute atomic E-state index is 0.143. The summed E-state index contributed by atoms with van der Waals surface area (Å²) in [6.45, 7) is 0. The number of hydrogen-bond donors (Lipinski definition) is 0. The number of benzene rings is 2. The highest BCUT2D eigenvalue weighted by atomic mass is 16.6. The van der Waals surface area contributed by atoms with Crippen LogP contribution in [-0.2, 0) is 6.42 Å². The van der Waals surface area contributed by atoms with E-state index in [2.05, 4.69) is 18.2 Å². The van der Waals surface area contributed by atoms with E-state index in [9.17, 15) is 10.1 Å². The molecule has 0 heterocycles. The summed E-state index contributed by atoms with van der Waals surface area (Å²) >= 11 is 0. The number of fused-ring (bicyclic) bond motifs is 1. The maximum atomic E-state index is 10.8. The molecule has 3 nitrogen and oxygen atoms in total. The molecule has 0 atom stereocenters. The molecule has 0 aromatic heterocycles. The first-order valence-corrected chi connectivity index (χ1v) is 5.77. The van der Waals surface area contributed by atoms with Crippen molar-refractivity contribution in [3.05, 3.63) is 75.3 Å². The monoisotopic (exact) mass is 237 g/mol. The first-order chi connectivity index (χ1) is 8.74. The van der Waals surface area contributed by atoms with Gasteiger partial charge in [-0.05, 0) is 28.7 Å². The average Bonchev–Trinajstić information content (AvgIpc) is 2.82. The van der Waals surface area contributed by atoms with Gasteiger partial charge in [0.1, 0.15) is 0 Å². The maximum Gasteiger partial charge on any atom is 0.270 e. The van der Waals surface area contributed by atoms with Gasteiger partial charge in [-0.3, -0.25) is 10.1 Å². The molecule has 0 unspecified atom stereocenters. The largest absolute Gasteiger partial charge is 0.270 e. The Hall–Kier alpha value is -2.42. The van der Waals surface area contributed by atoms with Crippen molar-refractivity contribution >= 4 is 17.3 Å². The first-order valence-electron chi connectivity index (χ1n) is 5.77. The second-order valence-electron chi connectivity index (χ2n) is 4.35. The number of rotatable bonds is 2. The zero-order valence-corrected chi connectivity index (χ0v) is 9.67. The fourth-order valence-electron chi connectivity index (χ4n) is 2.28. The van der Waals surface area contributed by atoms with Crippen LogP contribution in [-0.4, -0.2) is 4.92 Å². The zero-order chi connectivity index (χ0) is 12.5. The average molecular weight is 237 g/mol. The topological polar surface area (TPSA) is 43.1 Å². The molecule has 18 heavy (non-hydrogen) atoms. The molecule has 1 aliphatic rings. The highest BCUT2D eigenvalue weighted by Gasteiger charge is 2.15. The Balaban J connectivity index is 1.99. The summed E-state index contributed by atoms with van der Waals surface area (Å²) in [5.74, 6) is 0. The molecule has 0 aliphatic heterocycles. The summed E-state index contributed by atoms with van der Waals surface area (Å²) in [6, 6.07) is 15.0. The molecule has 3 heteroatoms. The van der Waals surface area contributed by atoms with E-state index in [1.54, 1.807) is 12.1 Å². The summed E-state index contributed by atoms with van der Waals surface area (Å²) in [6.07, 6.45) is 2.95. The number of nitro groups is 1. The maximum absolute atomic E-state index is 10.8. The fourth-order valence-corrected chi connectivity index (χ4v) is 2.28. The Labute approximate surface area is 105 Å². The van der Waals surface area contributed by atoms with Crippen molar-refractivity contribution in [3.8, 4) is 0 Å². The Morgan fingerprint density at radius 1 is 1.06 bits per heavy atom. The van der Waals surface area contributed by atoms with E-state index in [1.165, 1.54) is 17.2 Å². The number of nitro benzene ring substituents is 1. The number of nitrogens with zero attached hydrogens (tertiary/aromatic N) is 1. The molecule has 2 aromatic rings. The van der Waals surface area contributed by atoms with E-state index in [-0.39, 0.29) is 10.6 Å². The van der Waals surface area contributed by atoms with Gasteiger partial charge in [0.25, 0.3) is 5.69 Å². The molecule has 0 spiro atoms. The zero-order valence-electron chi connectivity index (χ0n) is 9.67. The van der Waals surface area contributed by atoms with Gasteiger partial charge < -0.3 is 0 Å². The summed E-state index contributed by atoms with van der Waals surface area (Å²) in [5.41, 5.74) is 4.70. The van der Waals surface area contributed by atoms with Gasteiger partial charge >= 0.3 is 0 Å². The quantitative estimate of drug-likeness (QED) is 0.590. The lowest BCUT2D eigenvalue weighted by molar-refractivity contribution is -0.384. The molecule has 88 valence electrons. The second kappa shape index (κ2) is 4.11. The molecule has 0 saturated carbocycles. The Morgan fingerprint density at radius 2 is 1.89 bits per heavy atom. The molecule has 0 amide bonds. The summed E-state index contributed by atoms with van der Waals surface area (Å²) < 4.78 is 0. The molecule has 0 radical (unpaired) electrons. The van der Waals surface area contributed by atoms with Crippen LogP contribution in [0.25, 0.3) is 11.6 Å². The van der Waals surface area contributed by atoms with Gasteiger partial charge in [0.15, 0.2) is 0 Å². The van der Waals surface area contributed by atoms with Crippen molar-refractivity contribution in [1.82, 2.24) is 0 Å². The highest BCUT2D eigenvalue weighted by molar-refractivity contribution is 5.88. The van der Waals surface area contributed by atoms with Crippen molar-refractivity contribution in [3.63, 3.8) is 0 Å². The second-order valence-corrected chi connectivity index (χ2v) is 4.35. The molecule has 2 aromatic carbocycles. The van der Waals surface area contributed by atoms with Crippen LogP contribution in [0.5, 0.6) is 0 Å². The molecular formula is C15H11NO2. The van der Waals surface area contributed by atoms with Gasteiger partial charge in [-0.15, -0.1) is 0 Å². The van der Waals surface area contributed by atoms with E-state index >= 15 is 0 Å². The van der Waals surface area contributed by atoms with Gasteiger partial charge in [0.2, 0.25) is 0 Å². The summed E-state index contributed by atoms with van der Waals surface area (Å²) in [4.78, 5) is 10.4. The third kappa shape index (κ3) is 1.80. The van der Waals surface area contributed by atoms with Crippen LogP contribution in [0.4, 0.5) is 5.69 Å². The fraction of sp³-hybridized carbons (Fsp3) is 0.0667. The van der Waals surface area contributed by atoms with Gasteiger partial charge in [-0.1, -0.05) is 42.5 Å². The standard InChI is InChI=1S/C15H11NO2/c17-16(18)15-7-3-6-13(10-15)14-8-11-4-1-2-5-12(11)9-14/h1-8,10H,9H2. The van der Waals surface area contributed by atoms with Crippen LogP contribution < -0.4 is 0 Å². The lowest BCUT2D eigenvalue weighted by Crippen LogP contribution is -1.90. The van der Waals surface area contributed by atoms with E-state index in [1.807, 2.05) is 18.2 Å². The van der Waals surface area contributed by atoms with Gasteiger partial charge in [0, 0.05) is 12.1 Å². The minimum atomic E-state index is -0.355. The molecule has 3 rings (SSSR count). The van der Waals surface area contributed by atoms with E-state index < -0.39 is 0 Å². The van der Waals surface area contributed by atoms with Gasteiger partial charge in [-0.2, -0.15) is 0 Å². The van der Waals surface area contributed by atoms with E-state index in [0.717, 1.165) is 17.6 Å². The van der Waals surface area contributed by atoms with Crippen LogP contribution in [0.2, 0.25) is 0 Å². The van der Waals surface area contributed by atoms with Crippen LogP contribution in [0.1, 0.15) is 16.7 Å². The van der Waals surface area contributed by atoms with Crippen molar-refractivity contribution in [2.24, 2.45) is 0 Å². The number of allylic oxidation sites excluding steroid dienone is 1. The van der Waals surface area contributed by atoms with Crippen molar-refractivity contribution < 1.29 is 4.92 Å². The van der Waals surface area contributed by atoms with Crippen LogP contribution in [0, 0.1) is 10.1 Å². The molecule has 1 aliphatic carbocycles. The van der Waals surface area contributed by atoms with E-state index in [0.29, 0.717) is 0 Å². The third-order valence-electron chi connectivity index (χ3n) is 3.19. The van der Waals surface area contributed by atoms with E-state index in [4.69, 9.17) is 0 Å². The third-order valence-corrected chi connectivity index (χ3v) is 3.19. The van der Waals surface area contributed by atoms with Gasteiger partial charge in [-0.25, -0.2) is 0 Å². The SMILES string of the molecule is O=[N+]([O-])c1cccc(C2=Cc3ccccc3C2)c1. The Kier molecular flexibility index (Phi) is 2.45. The number of hydrogen-bond acceptors (Lipinski definition) is 2. The lowest BCUT2D eigenvalue weighted by Gasteiger charge is -2.02. The lowest BCUT2D eigenvalue weighted by atomic mass is 10.0. The Bertz CT molecular complexity index is 659. The highest BCUT2D eigenvalue weighted by Crippen LogP contribution is 2.32. The molecule has 0 N–H and O–H groups in total. The molecule has 0 saturated heterocycles. The number of non-ortho nitro benzene ring substituents is 1.